The fourth-order valence-electron chi connectivity index (χ4n) is 2.33. The number of benzene rings is 1. The maximum absolute atomic E-state index is 14.0. The molecule has 20 heavy (non-hydrogen) atoms. The van der Waals surface area contributed by atoms with Gasteiger partial charge in [0.2, 0.25) is 0 Å². The van der Waals surface area contributed by atoms with Crippen LogP contribution in [0.2, 0.25) is 0 Å². The number of hydrogen-bond donors (Lipinski definition) is 2. The normalized spacial score (nSPS) is 30.1. The Morgan fingerprint density at radius 1 is 1.35 bits per heavy atom. The van der Waals surface area contributed by atoms with Crippen molar-refractivity contribution in [3.05, 3.63) is 29.3 Å². The van der Waals surface area contributed by atoms with Gasteiger partial charge in [0.15, 0.2) is 17.3 Å². The molecule has 1 fully saturated rings. The van der Waals surface area contributed by atoms with Gasteiger partial charge in [-0.25, -0.2) is 17.6 Å². The van der Waals surface area contributed by atoms with E-state index in [-0.39, 0.29) is 29.1 Å². The van der Waals surface area contributed by atoms with E-state index in [1.165, 1.54) is 6.07 Å². The summed E-state index contributed by atoms with van der Waals surface area (Å²) in [6.45, 7) is 0.303. The smallest absolute Gasteiger partial charge is 0.188 e. The Balaban J connectivity index is 2.41. The number of alkyl halides is 2. The lowest BCUT2D eigenvalue weighted by molar-refractivity contribution is 0.138. The summed E-state index contributed by atoms with van der Waals surface area (Å²) < 4.78 is 54.1. The van der Waals surface area contributed by atoms with Crippen molar-refractivity contribution < 1.29 is 17.6 Å². The van der Waals surface area contributed by atoms with Crippen LogP contribution in [-0.2, 0) is 5.54 Å². The van der Waals surface area contributed by atoms with Gasteiger partial charge in [-0.3, -0.25) is 0 Å². The van der Waals surface area contributed by atoms with E-state index in [1.54, 1.807) is 6.92 Å². The van der Waals surface area contributed by atoms with Gasteiger partial charge in [-0.05, 0) is 31.9 Å². The van der Waals surface area contributed by atoms with E-state index in [0.717, 1.165) is 6.07 Å². The first-order valence-corrected chi connectivity index (χ1v) is 6.45. The van der Waals surface area contributed by atoms with Crippen molar-refractivity contribution in [2.75, 3.05) is 12.4 Å². The van der Waals surface area contributed by atoms with E-state index in [2.05, 4.69) is 5.32 Å². The van der Waals surface area contributed by atoms with Gasteiger partial charge in [0.1, 0.15) is 11.7 Å². The Bertz CT molecular complexity index is 566. The van der Waals surface area contributed by atoms with Crippen molar-refractivity contribution in [2.45, 2.75) is 31.0 Å². The van der Waals surface area contributed by atoms with Crippen molar-refractivity contribution >= 4 is 22.9 Å². The number of thiocarbonyl (C=S) groups is 1. The van der Waals surface area contributed by atoms with Gasteiger partial charge in [-0.2, -0.15) is 0 Å². The molecule has 0 aliphatic carbocycles. The number of nitrogens with one attached hydrogen (secondary N) is 1. The molecule has 2 rings (SSSR count). The molecule has 110 valence electrons. The monoisotopic (exact) mass is 306 g/mol. The summed E-state index contributed by atoms with van der Waals surface area (Å²) in [5.74, 6) is -2.15. The second-order valence-corrected chi connectivity index (χ2v) is 5.66. The molecule has 3 N–H and O–H groups in total. The molecular weight excluding hydrogens is 292 g/mol. The third-order valence-corrected chi connectivity index (χ3v) is 4.14. The minimum Gasteiger partial charge on any atom is -0.399 e. The molecular formula is C13H14F4N2S. The van der Waals surface area contributed by atoms with Crippen molar-refractivity contribution in [1.29, 1.82) is 0 Å². The molecule has 0 amide bonds. The number of nitrogens with two attached hydrogens (primary N) is 1. The van der Waals surface area contributed by atoms with E-state index < -0.39 is 29.5 Å². The third kappa shape index (κ3) is 2.34. The van der Waals surface area contributed by atoms with Gasteiger partial charge >= 0.3 is 0 Å². The van der Waals surface area contributed by atoms with Gasteiger partial charge in [-0.15, -0.1) is 0 Å². The molecule has 0 radical (unpaired) electrons. The Morgan fingerprint density at radius 2 is 2.00 bits per heavy atom. The maximum atomic E-state index is 14.0. The van der Waals surface area contributed by atoms with Gasteiger partial charge in [-0.1, -0.05) is 12.2 Å². The number of hydrogen-bond acceptors (Lipinski definition) is 2. The summed E-state index contributed by atoms with van der Waals surface area (Å²) in [4.78, 5) is -0.337. The molecule has 0 saturated carbocycles. The highest BCUT2D eigenvalue weighted by atomic mass is 32.1. The fourth-order valence-corrected chi connectivity index (χ4v) is 2.71. The van der Waals surface area contributed by atoms with Crippen LogP contribution in [0.4, 0.5) is 23.2 Å². The van der Waals surface area contributed by atoms with Crippen LogP contribution < -0.4 is 11.1 Å². The first-order valence-electron chi connectivity index (χ1n) is 6.04. The van der Waals surface area contributed by atoms with Gasteiger partial charge in [0.25, 0.3) is 0 Å². The molecule has 2 unspecified atom stereocenters. The predicted molar refractivity (Wildman–Crippen MR) is 72.9 cm³/mol. The minimum atomic E-state index is -2.25. The number of nitrogen functional groups attached to an aromatic ring is 1. The molecule has 0 bridgehead atoms. The molecule has 0 aromatic heterocycles. The zero-order chi connectivity index (χ0) is 15.1. The maximum Gasteiger partial charge on any atom is 0.188 e. The van der Waals surface area contributed by atoms with E-state index in [9.17, 15) is 17.6 Å². The van der Waals surface area contributed by atoms with Crippen LogP contribution in [0, 0.1) is 11.6 Å². The molecule has 1 aromatic rings. The number of halogens is 4. The summed E-state index contributed by atoms with van der Waals surface area (Å²) in [7, 11) is 0. The highest BCUT2D eigenvalue weighted by molar-refractivity contribution is 7.80. The topological polar surface area (TPSA) is 38.0 Å². The van der Waals surface area contributed by atoms with E-state index >= 15 is 0 Å². The Kier molecular flexibility index (Phi) is 3.66. The SMILES string of the molecule is CC1(c2cc(N)cc(F)c2F)CCC(F)(CF)C(=S)N1. The van der Waals surface area contributed by atoms with Crippen LogP contribution in [0.1, 0.15) is 25.3 Å². The van der Waals surface area contributed by atoms with E-state index in [0.29, 0.717) is 0 Å². The van der Waals surface area contributed by atoms with Gasteiger partial charge in [0.05, 0.1) is 5.54 Å². The highest BCUT2D eigenvalue weighted by Gasteiger charge is 2.46. The van der Waals surface area contributed by atoms with Crippen LogP contribution >= 0.6 is 12.2 Å². The standard InChI is InChI=1S/C13H14F4N2S/c1-12(2-3-13(17,6-14)11(20)19-12)8-4-7(18)5-9(15)10(8)16/h4-5H,2-3,6,18H2,1H3,(H,19,20). The molecule has 1 saturated heterocycles. The molecule has 2 atom stereocenters. The van der Waals surface area contributed by atoms with E-state index in [4.69, 9.17) is 18.0 Å². The number of rotatable bonds is 2. The minimum absolute atomic E-state index is 0.0433. The van der Waals surface area contributed by atoms with Crippen molar-refractivity contribution in [3.8, 4) is 0 Å². The molecule has 1 heterocycles. The highest BCUT2D eigenvalue weighted by Crippen LogP contribution is 2.39. The first-order chi connectivity index (χ1) is 9.22. The average molecular weight is 306 g/mol. The lowest BCUT2D eigenvalue weighted by Crippen LogP contribution is -2.57. The summed E-state index contributed by atoms with van der Waals surface area (Å²) >= 11 is 4.82. The van der Waals surface area contributed by atoms with Crippen LogP contribution in [0.3, 0.4) is 0 Å². The van der Waals surface area contributed by atoms with Gasteiger partial charge < -0.3 is 11.1 Å². The van der Waals surface area contributed by atoms with Crippen LogP contribution in [-0.4, -0.2) is 17.3 Å². The van der Waals surface area contributed by atoms with Crippen molar-refractivity contribution in [3.63, 3.8) is 0 Å². The van der Waals surface area contributed by atoms with Crippen LogP contribution in [0.5, 0.6) is 0 Å². The van der Waals surface area contributed by atoms with Crippen LogP contribution in [0.15, 0.2) is 12.1 Å². The summed E-state index contributed by atoms with van der Waals surface area (Å²) in [6.07, 6.45) is -0.144. The lowest BCUT2D eigenvalue weighted by Gasteiger charge is -2.42. The Labute approximate surface area is 119 Å². The molecule has 1 aliphatic rings. The molecule has 1 aliphatic heterocycles. The summed E-state index contributed by atoms with van der Waals surface area (Å²) in [6, 6.07) is 2.14. The van der Waals surface area contributed by atoms with Gasteiger partial charge in [0, 0.05) is 11.3 Å². The first kappa shape index (κ1) is 15.0. The zero-order valence-corrected chi connectivity index (χ0v) is 11.6. The molecule has 2 nitrogen and oxygen atoms in total. The largest absolute Gasteiger partial charge is 0.399 e. The summed E-state index contributed by atoms with van der Waals surface area (Å²) in [5, 5.41) is 2.60. The molecule has 0 spiro atoms. The quantitative estimate of drug-likeness (QED) is 0.501. The number of piperidine rings is 1. The summed E-state index contributed by atoms with van der Waals surface area (Å²) in [5.41, 5.74) is 2.15. The Hall–Kier alpha value is -1.37. The zero-order valence-electron chi connectivity index (χ0n) is 10.8. The predicted octanol–water partition coefficient (Wildman–Crippen LogP) is 3.15. The third-order valence-electron chi connectivity index (χ3n) is 3.67. The van der Waals surface area contributed by atoms with E-state index in [1.807, 2.05) is 0 Å². The Morgan fingerprint density at radius 3 is 2.55 bits per heavy atom. The van der Waals surface area contributed by atoms with Crippen molar-refractivity contribution in [2.24, 2.45) is 0 Å². The second-order valence-electron chi connectivity index (χ2n) is 5.25. The van der Waals surface area contributed by atoms with Crippen molar-refractivity contribution in [1.82, 2.24) is 5.32 Å². The average Bonchev–Trinajstić information content (AvgIpc) is 2.39. The number of anilines is 1. The lowest BCUT2D eigenvalue weighted by atomic mass is 9.79. The molecule has 7 heteroatoms. The fraction of sp³-hybridized carbons (Fsp3) is 0.462. The second kappa shape index (κ2) is 4.87. The van der Waals surface area contributed by atoms with Crippen LogP contribution in [0.25, 0.3) is 0 Å². The molecule has 1 aromatic carbocycles.